The zero-order valence-corrected chi connectivity index (χ0v) is 24.8. The van der Waals surface area contributed by atoms with Gasteiger partial charge in [0.1, 0.15) is 11.0 Å². The van der Waals surface area contributed by atoms with Crippen molar-refractivity contribution in [3.63, 3.8) is 0 Å². The van der Waals surface area contributed by atoms with E-state index >= 15 is 0 Å². The van der Waals surface area contributed by atoms with E-state index in [-0.39, 0.29) is 11.8 Å². The first-order chi connectivity index (χ1) is 19.9. The van der Waals surface area contributed by atoms with Crippen LogP contribution in [0.3, 0.4) is 0 Å². The first-order valence-corrected chi connectivity index (χ1v) is 14.9. The Kier molecular flexibility index (Phi) is 9.26. The molecule has 1 heterocycles. The van der Waals surface area contributed by atoms with Gasteiger partial charge in [0.15, 0.2) is 5.13 Å². The van der Waals surface area contributed by atoms with Crippen molar-refractivity contribution in [3.8, 4) is 17.0 Å². The summed E-state index contributed by atoms with van der Waals surface area (Å²) in [6.07, 6.45) is 0. The Balaban J connectivity index is 1.32. The van der Waals surface area contributed by atoms with Gasteiger partial charge < -0.3 is 15.4 Å². The molecule has 1 aromatic heterocycles. The standard InChI is InChI=1S/C31H23Cl2N3O3S2/c1-39-23-13-10-20(11-14-23)29(37)34-22-8-5-9-24(17-22)41-28(19-6-3-2-4-7-19)30(38)36-31-35-27(18-40-31)21-12-15-25(32)26(33)16-21/h2-18,28H,1H3,(H,34,37)(H,35,36,38). The van der Waals surface area contributed by atoms with Gasteiger partial charge in [-0.05, 0) is 60.2 Å². The highest BCUT2D eigenvalue weighted by atomic mass is 35.5. The average molecular weight is 621 g/mol. The highest BCUT2D eigenvalue weighted by Gasteiger charge is 2.23. The summed E-state index contributed by atoms with van der Waals surface area (Å²) in [5, 5.41) is 8.55. The van der Waals surface area contributed by atoms with Crippen LogP contribution in [0.1, 0.15) is 21.2 Å². The van der Waals surface area contributed by atoms with Crippen molar-refractivity contribution in [2.24, 2.45) is 0 Å². The van der Waals surface area contributed by atoms with E-state index in [4.69, 9.17) is 27.9 Å². The minimum Gasteiger partial charge on any atom is -0.497 e. The summed E-state index contributed by atoms with van der Waals surface area (Å²) < 4.78 is 5.16. The molecule has 0 aliphatic heterocycles. The number of methoxy groups -OCH3 is 1. The SMILES string of the molecule is COc1ccc(C(=O)Nc2cccc(SC(C(=O)Nc3nc(-c4ccc(Cl)c(Cl)c4)cs3)c3ccccc3)c2)cc1. The van der Waals surface area contributed by atoms with Crippen molar-refractivity contribution in [2.45, 2.75) is 10.1 Å². The third-order valence-electron chi connectivity index (χ3n) is 5.99. The number of aromatic nitrogens is 1. The minimum atomic E-state index is -0.568. The van der Waals surface area contributed by atoms with E-state index in [0.29, 0.717) is 37.9 Å². The number of hydrogen-bond donors (Lipinski definition) is 2. The van der Waals surface area contributed by atoms with Gasteiger partial charge in [-0.25, -0.2) is 4.98 Å². The number of rotatable bonds is 9. The van der Waals surface area contributed by atoms with Crippen LogP contribution >= 0.6 is 46.3 Å². The lowest BCUT2D eigenvalue weighted by Crippen LogP contribution is -2.19. The van der Waals surface area contributed by atoms with Crippen molar-refractivity contribution in [3.05, 3.63) is 124 Å². The lowest BCUT2D eigenvalue weighted by Gasteiger charge is -2.17. The number of hydrogen-bond acceptors (Lipinski definition) is 6. The second-order valence-electron chi connectivity index (χ2n) is 8.78. The highest BCUT2D eigenvalue weighted by Crippen LogP contribution is 2.38. The highest BCUT2D eigenvalue weighted by molar-refractivity contribution is 8.00. The summed E-state index contributed by atoms with van der Waals surface area (Å²) in [7, 11) is 1.58. The second-order valence-corrected chi connectivity index (χ2v) is 11.6. The van der Waals surface area contributed by atoms with Gasteiger partial charge >= 0.3 is 0 Å². The Hall–Kier alpha value is -3.82. The van der Waals surface area contributed by atoms with Crippen molar-refractivity contribution < 1.29 is 14.3 Å². The molecular formula is C31H23Cl2N3O3S2. The number of thioether (sulfide) groups is 1. The van der Waals surface area contributed by atoms with Gasteiger partial charge in [0.05, 0.1) is 22.8 Å². The Morgan fingerprint density at radius 2 is 1.66 bits per heavy atom. The molecule has 0 fully saturated rings. The first-order valence-electron chi connectivity index (χ1n) is 12.4. The number of carbonyl (C=O) groups is 2. The molecule has 206 valence electrons. The molecule has 0 aliphatic rings. The third-order valence-corrected chi connectivity index (χ3v) is 8.73. The molecule has 10 heteroatoms. The Bertz CT molecular complexity index is 1680. The van der Waals surface area contributed by atoms with Gasteiger partial charge in [-0.3, -0.25) is 9.59 Å². The largest absolute Gasteiger partial charge is 0.497 e. The van der Waals surface area contributed by atoms with E-state index < -0.39 is 5.25 Å². The van der Waals surface area contributed by atoms with Crippen LogP contribution < -0.4 is 15.4 Å². The van der Waals surface area contributed by atoms with Crippen LogP contribution in [0.25, 0.3) is 11.3 Å². The molecule has 0 aliphatic carbocycles. The van der Waals surface area contributed by atoms with Gasteiger partial charge in [-0.2, -0.15) is 0 Å². The fourth-order valence-electron chi connectivity index (χ4n) is 3.92. The van der Waals surface area contributed by atoms with Crippen LogP contribution in [0.15, 0.2) is 107 Å². The van der Waals surface area contributed by atoms with Crippen molar-refractivity contribution in [2.75, 3.05) is 17.7 Å². The lowest BCUT2D eigenvalue weighted by molar-refractivity contribution is -0.115. The molecule has 41 heavy (non-hydrogen) atoms. The number of ether oxygens (including phenoxy) is 1. The third kappa shape index (κ3) is 7.28. The molecule has 4 aromatic carbocycles. The number of amides is 2. The van der Waals surface area contributed by atoms with Crippen LogP contribution in [-0.2, 0) is 4.79 Å². The van der Waals surface area contributed by atoms with Crippen LogP contribution in [-0.4, -0.2) is 23.9 Å². The smallest absolute Gasteiger partial charge is 0.255 e. The minimum absolute atomic E-state index is 0.219. The zero-order chi connectivity index (χ0) is 28.8. The fraction of sp³-hybridized carbons (Fsp3) is 0.0645. The molecule has 2 N–H and O–H groups in total. The molecule has 0 radical (unpaired) electrons. The van der Waals surface area contributed by atoms with E-state index in [1.807, 2.05) is 66.0 Å². The van der Waals surface area contributed by atoms with Gasteiger partial charge in [0.2, 0.25) is 5.91 Å². The van der Waals surface area contributed by atoms with E-state index in [2.05, 4.69) is 15.6 Å². The van der Waals surface area contributed by atoms with Crippen LogP contribution in [0.4, 0.5) is 10.8 Å². The Morgan fingerprint density at radius 1 is 0.878 bits per heavy atom. The number of carbonyl (C=O) groups excluding carboxylic acids is 2. The number of halogens is 2. The normalized spacial score (nSPS) is 11.5. The number of thiazole rings is 1. The summed E-state index contributed by atoms with van der Waals surface area (Å²) in [6, 6.07) is 29.1. The summed E-state index contributed by atoms with van der Waals surface area (Å²) >= 11 is 14.9. The maximum absolute atomic E-state index is 13.6. The molecule has 5 aromatic rings. The Morgan fingerprint density at radius 3 is 2.39 bits per heavy atom. The molecule has 2 amide bonds. The van der Waals surface area contributed by atoms with Crippen LogP contribution in [0.5, 0.6) is 5.75 Å². The van der Waals surface area contributed by atoms with Gasteiger partial charge in [0.25, 0.3) is 5.91 Å². The molecule has 0 bridgehead atoms. The maximum Gasteiger partial charge on any atom is 0.255 e. The second kappa shape index (κ2) is 13.2. The van der Waals surface area contributed by atoms with Crippen molar-refractivity contribution in [1.82, 2.24) is 4.98 Å². The summed E-state index contributed by atoms with van der Waals surface area (Å²) in [6.45, 7) is 0. The molecule has 6 nitrogen and oxygen atoms in total. The van der Waals surface area contributed by atoms with E-state index in [0.717, 1.165) is 16.0 Å². The molecule has 1 unspecified atom stereocenters. The quantitative estimate of drug-likeness (QED) is 0.161. The average Bonchev–Trinajstić information content (AvgIpc) is 3.46. The maximum atomic E-state index is 13.6. The van der Waals surface area contributed by atoms with E-state index in [9.17, 15) is 9.59 Å². The predicted molar refractivity (Wildman–Crippen MR) is 169 cm³/mol. The summed E-state index contributed by atoms with van der Waals surface area (Å²) in [5.74, 6) is 0.214. The van der Waals surface area contributed by atoms with Gasteiger partial charge in [-0.15, -0.1) is 23.1 Å². The van der Waals surface area contributed by atoms with Gasteiger partial charge in [0, 0.05) is 27.1 Å². The van der Waals surface area contributed by atoms with Gasteiger partial charge in [-0.1, -0.05) is 65.7 Å². The predicted octanol–water partition coefficient (Wildman–Crippen LogP) is 8.85. The lowest BCUT2D eigenvalue weighted by atomic mass is 10.1. The number of nitrogens with one attached hydrogen (secondary N) is 2. The van der Waals surface area contributed by atoms with Crippen LogP contribution in [0, 0.1) is 0 Å². The summed E-state index contributed by atoms with van der Waals surface area (Å²) in [4.78, 5) is 31.8. The topological polar surface area (TPSA) is 80.3 Å². The molecule has 0 saturated carbocycles. The number of benzene rings is 4. The van der Waals surface area contributed by atoms with E-state index in [1.165, 1.54) is 23.1 Å². The zero-order valence-electron chi connectivity index (χ0n) is 21.6. The fourth-order valence-corrected chi connectivity index (χ4v) is 6.02. The number of anilines is 2. The van der Waals surface area contributed by atoms with Crippen molar-refractivity contribution in [1.29, 1.82) is 0 Å². The Labute approximate surface area is 255 Å². The number of nitrogens with zero attached hydrogens (tertiary/aromatic N) is 1. The molecule has 0 spiro atoms. The molecule has 5 rings (SSSR count). The van der Waals surface area contributed by atoms with Crippen molar-refractivity contribution >= 4 is 68.9 Å². The summed E-state index contributed by atoms with van der Waals surface area (Å²) in [5.41, 5.74) is 3.46. The monoisotopic (exact) mass is 619 g/mol. The molecule has 1 atom stereocenters. The first kappa shape index (κ1) is 28.7. The van der Waals surface area contributed by atoms with E-state index in [1.54, 1.807) is 43.5 Å². The molecular weight excluding hydrogens is 597 g/mol. The van der Waals surface area contributed by atoms with Crippen LogP contribution in [0.2, 0.25) is 10.0 Å². The molecule has 0 saturated heterocycles.